The van der Waals surface area contributed by atoms with Gasteiger partial charge in [-0.1, -0.05) is 11.6 Å². The number of aryl methyl sites for hydroxylation is 1. The number of hydrogen-bond donors (Lipinski definition) is 1. The summed E-state index contributed by atoms with van der Waals surface area (Å²) in [5, 5.41) is 13.7. The molecule has 0 spiro atoms. The summed E-state index contributed by atoms with van der Waals surface area (Å²) in [6.07, 6.45) is 3.69. The molecule has 6 heteroatoms. The van der Waals surface area contributed by atoms with E-state index in [1.807, 2.05) is 0 Å². The van der Waals surface area contributed by atoms with Crippen molar-refractivity contribution >= 4 is 5.97 Å². The first-order chi connectivity index (χ1) is 8.10. The fourth-order valence-electron chi connectivity index (χ4n) is 2.00. The smallest absolute Gasteiger partial charge is 0.338 e. The lowest BCUT2D eigenvalue weighted by molar-refractivity contribution is -0.171. The van der Waals surface area contributed by atoms with Crippen LogP contribution < -0.4 is 0 Å². The molecular formula is C11H16N2O4. The van der Waals surface area contributed by atoms with Gasteiger partial charge in [0.2, 0.25) is 0 Å². The van der Waals surface area contributed by atoms with Gasteiger partial charge in [0.1, 0.15) is 0 Å². The number of carbonyl (C=O) groups excluding carboxylic acids is 1. The second-order valence-electron chi connectivity index (χ2n) is 4.40. The van der Waals surface area contributed by atoms with Crippen molar-refractivity contribution in [3.63, 3.8) is 0 Å². The zero-order valence-electron chi connectivity index (χ0n) is 9.81. The van der Waals surface area contributed by atoms with Gasteiger partial charge in [0, 0.05) is 0 Å². The molecule has 1 aliphatic rings. The van der Waals surface area contributed by atoms with Crippen molar-refractivity contribution in [2.75, 3.05) is 0 Å². The van der Waals surface area contributed by atoms with Crippen LogP contribution in [0.3, 0.4) is 0 Å². The first-order valence-electron chi connectivity index (χ1n) is 5.79. The summed E-state index contributed by atoms with van der Waals surface area (Å²) >= 11 is 0. The fraction of sp³-hybridized carbons (Fsp3) is 0.727. The third-order valence-electron chi connectivity index (χ3n) is 2.96. The number of nitrogens with zero attached hydrogens (tertiary/aromatic N) is 2. The zero-order valence-corrected chi connectivity index (χ0v) is 9.81. The minimum Gasteiger partial charge on any atom is -0.453 e. The number of aromatic nitrogens is 2. The number of carbonyl (C=O) groups is 1. The Balaban J connectivity index is 1.88. The molecule has 0 unspecified atom stereocenters. The Hall–Kier alpha value is -1.43. The predicted molar refractivity (Wildman–Crippen MR) is 56.9 cm³/mol. The molecule has 0 radical (unpaired) electrons. The fourth-order valence-corrected chi connectivity index (χ4v) is 2.00. The molecular weight excluding hydrogens is 224 g/mol. The average Bonchev–Trinajstić information content (AvgIpc) is 2.73. The summed E-state index contributed by atoms with van der Waals surface area (Å²) in [6.45, 7) is 1.60. The highest BCUT2D eigenvalue weighted by Crippen LogP contribution is 2.29. The SMILES string of the molecule is Cc1noc(COC(=O)C2(O)CCCCC2)n1. The molecule has 0 atom stereocenters. The van der Waals surface area contributed by atoms with Crippen molar-refractivity contribution in [1.29, 1.82) is 0 Å². The molecule has 6 nitrogen and oxygen atoms in total. The summed E-state index contributed by atoms with van der Waals surface area (Å²) in [7, 11) is 0. The zero-order chi connectivity index (χ0) is 12.3. The maximum atomic E-state index is 11.7. The Morgan fingerprint density at radius 1 is 1.47 bits per heavy atom. The Labute approximate surface area is 99.0 Å². The van der Waals surface area contributed by atoms with Crippen LogP contribution in [0, 0.1) is 6.92 Å². The van der Waals surface area contributed by atoms with Gasteiger partial charge in [-0.15, -0.1) is 0 Å². The van der Waals surface area contributed by atoms with Crippen LogP contribution in [0.25, 0.3) is 0 Å². The summed E-state index contributed by atoms with van der Waals surface area (Å²) in [4.78, 5) is 15.7. The first kappa shape index (κ1) is 12.0. The van der Waals surface area contributed by atoms with Gasteiger partial charge in [-0.2, -0.15) is 4.98 Å². The van der Waals surface area contributed by atoms with Crippen LogP contribution in [0.1, 0.15) is 43.8 Å². The second kappa shape index (κ2) is 4.83. The van der Waals surface area contributed by atoms with E-state index in [0.29, 0.717) is 18.7 Å². The van der Waals surface area contributed by atoms with Gasteiger partial charge < -0.3 is 14.4 Å². The summed E-state index contributed by atoms with van der Waals surface area (Å²) in [6, 6.07) is 0. The van der Waals surface area contributed by atoms with Crippen molar-refractivity contribution in [3.8, 4) is 0 Å². The molecule has 1 aliphatic carbocycles. The predicted octanol–water partition coefficient (Wildman–Crippen LogP) is 1.12. The van der Waals surface area contributed by atoms with E-state index in [4.69, 9.17) is 9.26 Å². The molecule has 0 bridgehead atoms. The summed E-state index contributed by atoms with van der Waals surface area (Å²) in [5.41, 5.74) is -1.33. The van der Waals surface area contributed by atoms with E-state index < -0.39 is 11.6 Å². The number of rotatable bonds is 3. The lowest BCUT2D eigenvalue weighted by Gasteiger charge is -2.29. The molecule has 2 rings (SSSR count). The topological polar surface area (TPSA) is 85.5 Å². The molecule has 94 valence electrons. The highest BCUT2D eigenvalue weighted by Gasteiger charge is 2.38. The standard InChI is InChI=1S/C11H16N2O4/c1-8-12-9(17-13-8)7-16-10(14)11(15)5-3-2-4-6-11/h15H,2-7H2,1H3. The van der Waals surface area contributed by atoms with Crippen LogP contribution in [0.15, 0.2) is 4.52 Å². The van der Waals surface area contributed by atoms with Gasteiger partial charge in [0.05, 0.1) is 0 Å². The second-order valence-corrected chi connectivity index (χ2v) is 4.40. The van der Waals surface area contributed by atoms with Crippen molar-refractivity contribution in [2.24, 2.45) is 0 Å². The molecule has 1 aromatic rings. The van der Waals surface area contributed by atoms with E-state index in [1.54, 1.807) is 6.92 Å². The Morgan fingerprint density at radius 2 is 2.18 bits per heavy atom. The van der Waals surface area contributed by atoms with Crippen LogP contribution in [-0.2, 0) is 16.1 Å². The minimum atomic E-state index is -1.33. The molecule has 0 saturated heterocycles. The van der Waals surface area contributed by atoms with Gasteiger partial charge in [-0.25, -0.2) is 4.79 Å². The molecule has 1 aromatic heterocycles. The molecule has 17 heavy (non-hydrogen) atoms. The van der Waals surface area contributed by atoms with Gasteiger partial charge >= 0.3 is 5.97 Å². The van der Waals surface area contributed by atoms with E-state index in [2.05, 4.69) is 10.1 Å². The quantitative estimate of drug-likeness (QED) is 0.797. The third kappa shape index (κ3) is 2.82. The van der Waals surface area contributed by atoms with E-state index in [9.17, 15) is 9.90 Å². The van der Waals surface area contributed by atoms with Gasteiger partial charge in [0.15, 0.2) is 18.0 Å². The first-order valence-corrected chi connectivity index (χ1v) is 5.79. The summed E-state index contributed by atoms with van der Waals surface area (Å²) in [5.74, 6) is 0.149. The van der Waals surface area contributed by atoms with Gasteiger partial charge in [0.25, 0.3) is 5.89 Å². The monoisotopic (exact) mass is 240 g/mol. The average molecular weight is 240 g/mol. The lowest BCUT2D eigenvalue weighted by Crippen LogP contribution is -2.41. The van der Waals surface area contributed by atoms with Crippen LogP contribution >= 0.6 is 0 Å². The molecule has 0 aromatic carbocycles. The summed E-state index contributed by atoms with van der Waals surface area (Å²) < 4.78 is 9.81. The number of aliphatic hydroxyl groups is 1. The number of esters is 1. The number of ether oxygens (including phenoxy) is 1. The maximum absolute atomic E-state index is 11.7. The van der Waals surface area contributed by atoms with Gasteiger partial charge in [-0.05, 0) is 32.6 Å². The van der Waals surface area contributed by atoms with Crippen molar-refractivity contribution in [1.82, 2.24) is 10.1 Å². The molecule has 1 N–H and O–H groups in total. The molecule has 0 amide bonds. The van der Waals surface area contributed by atoms with Crippen LogP contribution in [-0.4, -0.2) is 26.8 Å². The largest absolute Gasteiger partial charge is 0.453 e. The lowest BCUT2D eigenvalue weighted by atomic mass is 9.85. The normalized spacial score (nSPS) is 18.9. The Bertz CT molecular complexity index is 396. The molecule has 0 aliphatic heterocycles. The van der Waals surface area contributed by atoms with Crippen molar-refractivity contribution in [2.45, 2.75) is 51.2 Å². The van der Waals surface area contributed by atoms with E-state index >= 15 is 0 Å². The minimum absolute atomic E-state index is 0.0814. The van der Waals surface area contributed by atoms with Crippen LogP contribution in [0.4, 0.5) is 0 Å². The molecule has 1 fully saturated rings. The van der Waals surface area contributed by atoms with Crippen LogP contribution in [0.2, 0.25) is 0 Å². The Kier molecular flexibility index (Phi) is 3.42. The Morgan fingerprint density at radius 3 is 2.76 bits per heavy atom. The van der Waals surface area contributed by atoms with Gasteiger partial charge in [-0.3, -0.25) is 0 Å². The maximum Gasteiger partial charge on any atom is 0.338 e. The highest BCUT2D eigenvalue weighted by molar-refractivity contribution is 5.79. The third-order valence-corrected chi connectivity index (χ3v) is 2.96. The van der Waals surface area contributed by atoms with E-state index in [0.717, 1.165) is 19.3 Å². The number of hydrogen-bond acceptors (Lipinski definition) is 6. The van der Waals surface area contributed by atoms with E-state index in [1.165, 1.54) is 0 Å². The van der Waals surface area contributed by atoms with Crippen LogP contribution in [0.5, 0.6) is 0 Å². The molecule has 1 saturated carbocycles. The molecule has 1 heterocycles. The van der Waals surface area contributed by atoms with Crippen molar-refractivity contribution in [3.05, 3.63) is 11.7 Å². The highest BCUT2D eigenvalue weighted by atomic mass is 16.6. The van der Waals surface area contributed by atoms with Crippen molar-refractivity contribution < 1.29 is 19.2 Å². The van der Waals surface area contributed by atoms with E-state index in [-0.39, 0.29) is 12.5 Å².